The van der Waals surface area contributed by atoms with Gasteiger partial charge in [-0.1, -0.05) is 17.7 Å². The van der Waals surface area contributed by atoms with Crippen molar-refractivity contribution in [1.82, 2.24) is 0 Å². The molecular weight excluding hydrogens is 253 g/mol. The lowest BCUT2D eigenvalue weighted by Gasteiger charge is -2.10. The van der Waals surface area contributed by atoms with Crippen molar-refractivity contribution in [2.45, 2.75) is 17.9 Å². The normalized spacial score (nSPS) is 13.8. The van der Waals surface area contributed by atoms with Crippen LogP contribution in [0.3, 0.4) is 0 Å². The standard InChI is InChI=1S/C10H13ClFNO2S/c1-7(5-13)16(14,15)6-8-2-3-9(11)4-10(8)12/h2-4,7H,5-6,13H2,1H3. The SMILES string of the molecule is CC(CN)S(=O)(=O)Cc1ccc(Cl)cc1F. The third kappa shape index (κ3) is 3.17. The maximum absolute atomic E-state index is 13.4. The Morgan fingerprint density at radius 1 is 1.50 bits per heavy atom. The van der Waals surface area contributed by atoms with Crippen LogP contribution in [0.15, 0.2) is 18.2 Å². The van der Waals surface area contributed by atoms with E-state index in [1.807, 2.05) is 0 Å². The minimum atomic E-state index is -3.41. The predicted molar refractivity (Wildman–Crippen MR) is 62.6 cm³/mol. The number of sulfone groups is 1. The zero-order valence-corrected chi connectivity index (χ0v) is 10.4. The summed E-state index contributed by atoms with van der Waals surface area (Å²) in [5.41, 5.74) is 5.40. The summed E-state index contributed by atoms with van der Waals surface area (Å²) in [6.45, 7) is 1.53. The summed E-state index contributed by atoms with van der Waals surface area (Å²) < 4.78 is 36.7. The van der Waals surface area contributed by atoms with Crippen LogP contribution in [0.1, 0.15) is 12.5 Å². The van der Waals surface area contributed by atoms with E-state index < -0.39 is 20.9 Å². The molecule has 0 bridgehead atoms. The first-order valence-electron chi connectivity index (χ1n) is 4.72. The Kier molecular flexibility index (Phi) is 4.29. The molecule has 16 heavy (non-hydrogen) atoms. The molecule has 0 radical (unpaired) electrons. The van der Waals surface area contributed by atoms with Gasteiger partial charge in [0.05, 0.1) is 11.0 Å². The molecular formula is C10H13ClFNO2S. The third-order valence-electron chi connectivity index (χ3n) is 2.32. The van der Waals surface area contributed by atoms with E-state index in [1.54, 1.807) is 0 Å². The summed E-state index contributed by atoms with van der Waals surface area (Å²) >= 11 is 5.57. The Morgan fingerprint density at radius 2 is 2.12 bits per heavy atom. The van der Waals surface area contributed by atoms with E-state index in [0.717, 1.165) is 6.07 Å². The molecule has 0 spiro atoms. The molecule has 0 saturated heterocycles. The molecule has 90 valence electrons. The first-order chi connectivity index (χ1) is 7.36. The van der Waals surface area contributed by atoms with Gasteiger partial charge >= 0.3 is 0 Å². The summed E-state index contributed by atoms with van der Waals surface area (Å²) in [4.78, 5) is 0. The van der Waals surface area contributed by atoms with E-state index in [2.05, 4.69) is 0 Å². The van der Waals surface area contributed by atoms with Gasteiger partial charge in [-0.25, -0.2) is 12.8 Å². The van der Waals surface area contributed by atoms with Gasteiger partial charge in [-0.15, -0.1) is 0 Å². The van der Waals surface area contributed by atoms with Crippen LogP contribution in [-0.2, 0) is 15.6 Å². The summed E-state index contributed by atoms with van der Waals surface area (Å²) in [6.07, 6.45) is 0. The highest BCUT2D eigenvalue weighted by atomic mass is 35.5. The Morgan fingerprint density at radius 3 is 2.62 bits per heavy atom. The number of rotatable bonds is 4. The molecule has 3 nitrogen and oxygen atoms in total. The fourth-order valence-corrected chi connectivity index (χ4v) is 2.55. The number of halogens is 2. The number of nitrogens with two attached hydrogens (primary N) is 1. The van der Waals surface area contributed by atoms with Crippen molar-refractivity contribution in [3.63, 3.8) is 0 Å². The minimum absolute atomic E-state index is 0.0253. The van der Waals surface area contributed by atoms with Crippen LogP contribution in [0.5, 0.6) is 0 Å². The van der Waals surface area contributed by atoms with Crippen molar-refractivity contribution >= 4 is 21.4 Å². The molecule has 1 aromatic carbocycles. The molecule has 1 rings (SSSR count). The van der Waals surface area contributed by atoms with E-state index in [4.69, 9.17) is 17.3 Å². The van der Waals surface area contributed by atoms with Crippen molar-refractivity contribution in [3.8, 4) is 0 Å². The van der Waals surface area contributed by atoms with Gasteiger partial charge in [0, 0.05) is 17.1 Å². The summed E-state index contributed by atoms with van der Waals surface area (Å²) in [5.74, 6) is -0.964. The van der Waals surface area contributed by atoms with Crippen molar-refractivity contribution in [3.05, 3.63) is 34.6 Å². The molecule has 0 aliphatic heterocycles. The van der Waals surface area contributed by atoms with Gasteiger partial charge in [0.15, 0.2) is 9.84 Å². The smallest absolute Gasteiger partial charge is 0.158 e. The van der Waals surface area contributed by atoms with Crippen molar-refractivity contribution in [2.75, 3.05) is 6.54 Å². The lowest BCUT2D eigenvalue weighted by Crippen LogP contribution is -2.28. The number of benzene rings is 1. The molecule has 0 aromatic heterocycles. The molecule has 1 atom stereocenters. The van der Waals surface area contributed by atoms with Crippen molar-refractivity contribution < 1.29 is 12.8 Å². The molecule has 0 saturated carbocycles. The van der Waals surface area contributed by atoms with Gasteiger partial charge in [-0.05, 0) is 19.1 Å². The third-order valence-corrected chi connectivity index (χ3v) is 4.68. The van der Waals surface area contributed by atoms with E-state index in [1.165, 1.54) is 19.1 Å². The van der Waals surface area contributed by atoms with E-state index in [0.29, 0.717) is 0 Å². The second-order valence-electron chi connectivity index (χ2n) is 3.59. The molecule has 2 N–H and O–H groups in total. The van der Waals surface area contributed by atoms with E-state index >= 15 is 0 Å². The van der Waals surface area contributed by atoms with Crippen LogP contribution in [0.2, 0.25) is 5.02 Å². The average molecular weight is 266 g/mol. The van der Waals surface area contributed by atoms with E-state index in [9.17, 15) is 12.8 Å². The fraction of sp³-hybridized carbons (Fsp3) is 0.400. The van der Waals surface area contributed by atoms with E-state index in [-0.39, 0.29) is 22.9 Å². The predicted octanol–water partition coefficient (Wildman–Crippen LogP) is 1.74. The minimum Gasteiger partial charge on any atom is -0.329 e. The molecule has 1 aromatic rings. The van der Waals surface area contributed by atoms with Gasteiger partial charge in [0.25, 0.3) is 0 Å². The average Bonchev–Trinajstić information content (AvgIpc) is 2.21. The van der Waals surface area contributed by atoms with Gasteiger partial charge in [0.1, 0.15) is 5.82 Å². The summed E-state index contributed by atoms with van der Waals surface area (Å²) in [7, 11) is -3.41. The first kappa shape index (κ1) is 13.4. The summed E-state index contributed by atoms with van der Waals surface area (Å²) in [5, 5.41) is -0.437. The van der Waals surface area contributed by atoms with Crippen LogP contribution in [-0.4, -0.2) is 20.2 Å². The molecule has 0 fully saturated rings. The highest BCUT2D eigenvalue weighted by Crippen LogP contribution is 2.18. The zero-order chi connectivity index (χ0) is 12.3. The van der Waals surface area contributed by atoms with Crippen molar-refractivity contribution in [2.24, 2.45) is 5.73 Å². The highest BCUT2D eigenvalue weighted by Gasteiger charge is 2.21. The molecule has 0 aliphatic carbocycles. The lowest BCUT2D eigenvalue weighted by atomic mass is 10.2. The highest BCUT2D eigenvalue weighted by molar-refractivity contribution is 7.91. The Hall–Kier alpha value is -0.650. The lowest BCUT2D eigenvalue weighted by molar-refractivity contribution is 0.577. The van der Waals surface area contributed by atoms with Crippen LogP contribution >= 0.6 is 11.6 Å². The molecule has 0 heterocycles. The Labute approximate surface area is 99.3 Å². The molecule has 1 unspecified atom stereocenters. The monoisotopic (exact) mass is 265 g/mol. The van der Waals surface area contributed by atoms with Crippen LogP contribution in [0.4, 0.5) is 4.39 Å². The molecule has 0 aliphatic rings. The maximum Gasteiger partial charge on any atom is 0.158 e. The first-order valence-corrected chi connectivity index (χ1v) is 6.81. The zero-order valence-electron chi connectivity index (χ0n) is 8.78. The fourth-order valence-electron chi connectivity index (χ4n) is 1.14. The Bertz CT molecular complexity index is 476. The quantitative estimate of drug-likeness (QED) is 0.902. The number of hydrogen-bond acceptors (Lipinski definition) is 3. The second-order valence-corrected chi connectivity index (χ2v) is 6.44. The largest absolute Gasteiger partial charge is 0.329 e. The van der Waals surface area contributed by atoms with Gasteiger partial charge in [-0.3, -0.25) is 0 Å². The van der Waals surface area contributed by atoms with Crippen molar-refractivity contribution in [1.29, 1.82) is 0 Å². The summed E-state index contributed by atoms with van der Waals surface area (Å²) in [6, 6.07) is 3.93. The topological polar surface area (TPSA) is 60.2 Å². The van der Waals surface area contributed by atoms with Crippen LogP contribution in [0, 0.1) is 5.82 Å². The number of hydrogen-bond donors (Lipinski definition) is 1. The Balaban J connectivity index is 2.97. The van der Waals surface area contributed by atoms with Gasteiger partial charge < -0.3 is 5.73 Å². The van der Waals surface area contributed by atoms with Crippen LogP contribution < -0.4 is 5.73 Å². The van der Waals surface area contributed by atoms with Gasteiger partial charge in [0.2, 0.25) is 0 Å². The molecule has 0 amide bonds. The molecule has 6 heteroatoms. The second kappa shape index (κ2) is 5.12. The van der Waals surface area contributed by atoms with Gasteiger partial charge in [-0.2, -0.15) is 0 Å². The van der Waals surface area contributed by atoms with Crippen LogP contribution in [0.25, 0.3) is 0 Å². The maximum atomic E-state index is 13.4.